The Morgan fingerprint density at radius 3 is 2.00 bits per heavy atom. The first-order valence-electron chi connectivity index (χ1n) is 8.72. The van der Waals surface area contributed by atoms with Crippen molar-refractivity contribution in [1.82, 2.24) is 0 Å². The molecule has 0 fully saturated rings. The molecular weight excluding hydrogens is 422 g/mol. The minimum atomic E-state index is -3.88. The summed E-state index contributed by atoms with van der Waals surface area (Å²) in [6, 6.07) is 18.2. The summed E-state index contributed by atoms with van der Waals surface area (Å²) in [5.41, 5.74) is 1.16. The lowest BCUT2D eigenvalue weighted by molar-refractivity contribution is -0.384. The second-order valence-electron chi connectivity index (χ2n) is 6.21. The van der Waals surface area contributed by atoms with Crippen molar-refractivity contribution < 1.29 is 18.1 Å². The first kappa shape index (κ1) is 21.3. The molecule has 31 heavy (non-hydrogen) atoms. The molecule has 10 nitrogen and oxygen atoms in total. The van der Waals surface area contributed by atoms with E-state index in [2.05, 4.69) is 15.4 Å². The summed E-state index contributed by atoms with van der Waals surface area (Å²) in [4.78, 5) is 22.1. The van der Waals surface area contributed by atoms with Gasteiger partial charge in [-0.25, -0.2) is 13.2 Å². The van der Waals surface area contributed by atoms with Crippen molar-refractivity contribution in [3.63, 3.8) is 0 Å². The third kappa shape index (κ3) is 5.55. The zero-order valence-corrected chi connectivity index (χ0v) is 16.6. The Morgan fingerprint density at radius 2 is 1.45 bits per heavy atom. The standard InChI is InChI=1S/C20H15N5O5S/c21-13-14-2-1-3-19(12-14)31(29,30)24-17-6-4-15(5-7-17)22-20(26)23-16-8-10-18(11-9-16)25(27)28/h1-12,24H,(H2,22,23,26). The van der Waals surface area contributed by atoms with Crippen molar-refractivity contribution >= 4 is 38.8 Å². The van der Waals surface area contributed by atoms with E-state index in [-0.39, 0.29) is 21.8 Å². The molecule has 0 aromatic heterocycles. The van der Waals surface area contributed by atoms with Gasteiger partial charge in [-0.1, -0.05) is 6.07 Å². The number of nitro groups is 1. The van der Waals surface area contributed by atoms with E-state index in [1.165, 1.54) is 72.8 Å². The predicted molar refractivity (Wildman–Crippen MR) is 114 cm³/mol. The molecule has 3 aromatic rings. The minimum Gasteiger partial charge on any atom is -0.308 e. The molecule has 3 aromatic carbocycles. The number of sulfonamides is 1. The monoisotopic (exact) mass is 437 g/mol. The van der Waals surface area contributed by atoms with E-state index in [4.69, 9.17) is 5.26 Å². The van der Waals surface area contributed by atoms with Crippen molar-refractivity contribution in [2.45, 2.75) is 4.90 Å². The van der Waals surface area contributed by atoms with Crippen LogP contribution in [0.4, 0.5) is 27.5 Å². The topological polar surface area (TPSA) is 154 Å². The molecule has 0 heterocycles. The number of nitrogens with one attached hydrogen (secondary N) is 3. The molecule has 0 bridgehead atoms. The zero-order chi connectivity index (χ0) is 22.4. The third-order valence-electron chi connectivity index (χ3n) is 4.00. The number of hydrogen-bond donors (Lipinski definition) is 3. The van der Waals surface area contributed by atoms with Crippen LogP contribution in [0.5, 0.6) is 0 Å². The van der Waals surface area contributed by atoms with E-state index in [1.807, 2.05) is 6.07 Å². The predicted octanol–water partition coefficient (Wildman–Crippen LogP) is 3.91. The van der Waals surface area contributed by atoms with Gasteiger partial charge in [0, 0.05) is 29.2 Å². The van der Waals surface area contributed by atoms with E-state index in [1.54, 1.807) is 0 Å². The van der Waals surface area contributed by atoms with Gasteiger partial charge in [-0.2, -0.15) is 5.26 Å². The molecule has 156 valence electrons. The zero-order valence-electron chi connectivity index (χ0n) is 15.8. The van der Waals surface area contributed by atoms with Gasteiger partial charge in [0.15, 0.2) is 0 Å². The van der Waals surface area contributed by atoms with E-state index in [9.17, 15) is 23.3 Å². The molecule has 0 radical (unpaired) electrons. The molecule has 3 rings (SSSR count). The molecule has 0 aliphatic rings. The van der Waals surface area contributed by atoms with Crippen molar-refractivity contribution in [2.24, 2.45) is 0 Å². The second-order valence-corrected chi connectivity index (χ2v) is 7.89. The number of carbonyl (C=O) groups is 1. The number of hydrogen-bond acceptors (Lipinski definition) is 6. The molecule has 3 N–H and O–H groups in total. The number of rotatable bonds is 6. The van der Waals surface area contributed by atoms with Gasteiger partial charge in [0.1, 0.15) is 0 Å². The molecular formula is C20H15N5O5S. The van der Waals surface area contributed by atoms with Crippen LogP contribution in [-0.2, 0) is 10.0 Å². The first-order valence-corrected chi connectivity index (χ1v) is 10.2. The summed E-state index contributed by atoms with van der Waals surface area (Å²) in [6.07, 6.45) is 0. The highest BCUT2D eigenvalue weighted by molar-refractivity contribution is 7.92. The number of nitrogens with zero attached hydrogens (tertiary/aromatic N) is 2. The Kier molecular flexibility index (Phi) is 6.13. The number of carbonyl (C=O) groups excluding carboxylic acids is 1. The minimum absolute atomic E-state index is 0.0452. The van der Waals surface area contributed by atoms with Gasteiger partial charge in [-0.05, 0) is 54.6 Å². The highest BCUT2D eigenvalue weighted by Crippen LogP contribution is 2.20. The third-order valence-corrected chi connectivity index (χ3v) is 5.38. The van der Waals surface area contributed by atoms with Crippen molar-refractivity contribution in [2.75, 3.05) is 15.4 Å². The SMILES string of the molecule is N#Cc1cccc(S(=O)(=O)Nc2ccc(NC(=O)Nc3ccc([N+](=O)[O-])cc3)cc2)c1. The number of nitriles is 1. The van der Waals surface area contributed by atoms with Crippen LogP contribution in [0.25, 0.3) is 0 Å². The van der Waals surface area contributed by atoms with Crippen molar-refractivity contribution in [1.29, 1.82) is 5.26 Å². The van der Waals surface area contributed by atoms with Gasteiger partial charge in [0.2, 0.25) is 0 Å². The van der Waals surface area contributed by atoms with Crippen LogP contribution in [-0.4, -0.2) is 19.4 Å². The van der Waals surface area contributed by atoms with Crippen LogP contribution in [0.2, 0.25) is 0 Å². The second kappa shape index (κ2) is 8.93. The largest absolute Gasteiger partial charge is 0.323 e. The van der Waals surface area contributed by atoms with Crippen LogP contribution in [0.3, 0.4) is 0 Å². The number of nitro benzene ring substituents is 1. The molecule has 0 atom stereocenters. The number of urea groups is 1. The maximum Gasteiger partial charge on any atom is 0.323 e. The summed E-state index contributed by atoms with van der Waals surface area (Å²) >= 11 is 0. The van der Waals surface area contributed by atoms with E-state index in [0.29, 0.717) is 11.4 Å². The highest BCUT2D eigenvalue weighted by atomic mass is 32.2. The van der Waals surface area contributed by atoms with Crippen LogP contribution < -0.4 is 15.4 Å². The Bertz CT molecular complexity index is 1270. The fourth-order valence-corrected chi connectivity index (χ4v) is 3.63. The van der Waals surface area contributed by atoms with E-state index < -0.39 is 21.0 Å². The van der Waals surface area contributed by atoms with Crippen LogP contribution in [0, 0.1) is 21.4 Å². The lowest BCUT2D eigenvalue weighted by Crippen LogP contribution is -2.19. The lowest BCUT2D eigenvalue weighted by atomic mass is 10.2. The fourth-order valence-electron chi connectivity index (χ4n) is 2.53. The van der Waals surface area contributed by atoms with Gasteiger partial charge in [0.05, 0.1) is 21.5 Å². The molecule has 2 amide bonds. The highest BCUT2D eigenvalue weighted by Gasteiger charge is 2.15. The average Bonchev–Trinajstić information content (AvgIpc) is 2.75. The first-order chi connectivity index (χ1) is 14.8. The summed E-state index contributed by atoms with van der Waals surface area (Å²) in [7, 11) is -3.88. The quantitative estimate of drug-likeness (QED) is 0.392. The molecule has 0 unspecified atom stereocenters. The smallest absolute Gasteiger partial charge is 0.308 e. The van der Waals surface area contributed by atoms with E-state index in [0.717, 1.165) is 0 Å². The summed E-state index contributed by atoms with van der Waals surface area (Å²) in [5, 5.41) is 24.7. The van der Waals surface area contributed by atoms with Crippen molar-refractivity contribution in [3.8, 4) is 6.07 Å². The van der Waals surface area contributed by atoms with Gasteiger partial charge in [-0.3, -0.25) is 14.8 Å². The molecule has 0 spiro atoms. The van der Waals surface area contributed by atoms with E-state index >= 15 is 0 Å². The number of anilines is 3. The summed E-state index contributed by atoms with van der Waals surface area (Å²) < 4.78 is 27.3. The van der Waals surface area contributed by atoms with Gasteiger partial charge in [0.25, 0.3) is 15.7 Å². The molecule has 11 heteroatoms. The molecule has 0 saturated heterocycles. The van der Waals surface area contributed by atoms with Gasteiger partial charge < -0.3 is 10.6 Å². The molecule has 0 aliphatic heterocycles. The normalized spacial score (nSPS) is 10.5. The molecule has 0 aliphatic carbocycles. The van der Waals surface area contributed by atoms with Crippen LogP contribution in [0.15, 0.2) is 77.7 Å². The maximum absolute atomic E-state index is 12.5. The Morgan fingerprint density at radius 1 is 0.903 bits per heavy atom. The Hall–Kier alpha value is -4.43. The van der Waals surface area contributed by atoms with Crippen LogP contribution in [0.1, 0.15) is 5.56 Å². The Labute approximate surface area is 177 Å². The lowest BCUT2D eigenvalue weighted by Gasteiger charge is -2.10. The molecule has 0 saturated carbocycles. The average molecular weight is 437 g/mol. The van der Waals surface area contributed by atoms with Gasteiger partial charge >= 0.3 is 6.03 Å². The number of benzene rings is 3. The Balaban J connectivity index is 1.62. The summed E-state index contributed by atoms with van der Waals surface area (Å²) in [6.45, 7) is 0. The van der Waals surface area contributed by atoms with Gasteiger partial charge in [-0.15, -0.1) is 0 Å². The fraction of sp³-hybridized carbons (Fsp3) is 0. The maximum atomic E-state index is 12.5. The summed E-state index contributed by atoms with van der Waals surface area (Å²) in [5.74, 6) is 0. The van der Waals surface area contributed by atoms with Crippen LogP contribution >= 0.6 is 0 Å². The number of amides is 2. The number of non-ortho nitro benzene ring substituents is 1. The van der Waals surface area contributed by atoms with Crippen molar-refractivity contribution in [3.05, 3.63) is 88.5 Å².